The smallest absolute Gasteiger partial charge is 0.271 e. The van der Waals surface area contributed by atoms with E-state index in [1.54, 1.807) is 10.7 Å². The van der Waals surface area contributed by atoms with E-state index in [9.17, 15) is 4.79 Å². The number of aryl methyl sites for hydroxylation is 2. The SMILES string of the molecule is Cc1cc(C(=O)NCC2(CCN)CC2)nn1C. The summed E-state index contributed by atoms with van der Waals surface area (Å²) < 4.78 is 1.71. The van der Waals surface area contributed by atoms with Crippen molar-refractivity contribution in [2.24, 2.45) is 18.2 Å². The van der Waals surface area contributed by atoms with E-state index >= 15 is 0 Å². The van der Waals surface area contributed by atoms with E-state index in [1.807, 2.05) is 14.0 Å². The molecule has 1 heterocycles. The fourth-order valence-corrected chi connectivity index (χ4v) is 2.03. The van der Waals surface area contributed by atoms with E-state index in [-0.39, 0.29) is 11.3 Å². The molecular formula is C12H20N4O. The van der Waals surface area contributed by atoms with Crippen LogP contribution < -0.4 is 11.1 Å². The van der Waals surface area contributed by atoms with Crippen molar-refractivity contribution in [1.29, 1.82) is 0 Å². The van der Waals surface area contributed by atoms with Crippen molar-refractivity contribution in [3.63, 3.8) is 0 Å². The van der Waals surface area contributed by atoms with Gasteiger partial charge in [0.1, 0.15) is 5.69 Å². The molecule has 1 aromatic heterocycles. The van der Waals surface area contributed by atoms with Crippen LogP contribution in [0.4, 0.5) is 0 Å². The Hall–Kier alpha value is -1.36. The minimum absolute atomic E-state index is 0.0861. The highest BCUT2D eigenvalue weighted by Gasteiger charge is 2.41. The lowest BCUT2D eigenvalue weighted by molar-refractivity contribution is 0.0938. The Labute approximate surface area is 101 Å². The fourth-order valence-electron chi connectivity index (χ4n) is 2.03. The highest BCUT2D eigenvalue weighted by molar-refractivity contribution is 5.92. The van der Waals surface area contributed by atoms with E-state index in [2.05, 4.69) is 10.4 Å². The van der Waals surface area contributed by atoms with E-state index in [0.29, 0.717) is 12.2 Å². The fraction of sp³-hybridized carbons (Fsp3) is 0.667. The molecule has 5 heteroatoms. The monoisotopic (exact) mass is 236 g/mol. The Kier molecular flexibility index (Phi) is 3.19. The van der Waals surface area contributed by atoms with Gasteiger partial charge in [-0.05, 0) is 44.2 Å². The van der Waals surface area contributed by atoms with Gasteiger partial charge in [0.25, 0.3) is 5.91 Å². The van der Waals surface area contributed by atoms with Crippen molar-refractivity contribution in [2.45, 2.75) is 26.2 Å². The second-order valence-electron chi connectivity index (χ2n) is 5.02. The third-order valence-corrected chi connectivity index (χ3v) is 3.60. The van der Waals surface area contributed by atoms with Crippen LogP contribution in [0.3, 0.4) is 0 Å². The summed E-state index contributed by atoms with van der Waals surface area (Å²) in [7, 11) is 1.84. The van der Waals surface area contributed by atoms with Crippen molar-refractivity contribution >= 4 is 5.91 Å². The van der Waals surface area contributed by atoms with Crippen molar-refractivity contribution < 1.29 is 4.79 Å². The number of carbonyl (C=O) groups excluding carboxylic acids is 1. The summed E-state index contributed by atoms with van der Waals surface area (Å²) in [5.41, 5.74) is 7.32. The van der Waals surface area contributed by atoms with Gasteiger partial charge in [-0.2, -0.15) is 5.10 Å². The van der Waals surface area contributed by atoms with E-state index in [0.717, 1.165) is 18.7 Å². The summed E-state index contributed by atoms with van der Waals surface area (Å²) in [6.07, 6.45) is 3.34. The van der Waals surface area contributed by atoms with Gasteiger partial charge in [-0.3, -0.25) is 9.48 Å². The zero-order valence-corrected chi connectivity index (χ0v) is 10.5. The number of amides is 1. The van der Waals surface area contributed by atoms with E-state index in [4.69, 9.17) is 5.73 Å². The number of rotatable bonds is 5. The lowest BCUT2D eigenvalue weighted by Crippen LogP contribution is -2.31. The molecule has 0 saturated heterocycles. The highest BCUT2D eigenvalue weighted by Crippen LogP contribution is 2.47. The largest absolute Gasteiger partial charge is 0.350 e. The van der Waals surface area contributed by atoms with Crippen LogP contribution in [0.1, 0.15) is 35.4 Å². The molecule has 0 radical (unpaired) electrons. The second kappa shape index (κ2) is 4.49. The molecule has 94 valence electrons. The lowest BCUT2D eigenvalue weighted by atomic mass is 10.0. The molecule has 0 spiro atoms. The third kappa shape index (κ3) is 2.66. The molecule has 1 aliphatic carbocycles. The molecule has 2 rings (SSSR count). The quantitative estimate of drug-likeness (QED) is 0.785. The first kappa shape index (κ1) is 12.1. The Morgan fingerprint density at radius 3 is 2.82 bits per heavy atom. The first-order valence-corrected chi connectivity index (χ1v) is 6.05. The summed E-state index contributed by atoms with van der Waals surface area (Å²) in [5.74, 6) is -0.0861. The molecule has 0 atom stereocenters. The summed E-state index contributed by atoms with van der Waals surface area (Å²) >= 11 is 0. The van der Waals surface area contributed by atoms with Gasteiger partial charge in [0.05, 0.1) is 0 Å². The van der Waals surface area contributed by atoms with Gasteiger partial charge in [-0.1, -0.05) is 0 Å². The molecule has 0 bridgehead atoms. The van der Waals surface area contributed by atoms with Gasteiger partial charge in [-0.25, -0.2) is 0 Å². The van der Waals surface area contributed by atoms with Crippen molar-refractivity contribution in [2.75, 3.05) is 13.1 Å². The summed E-state index contributed by atoms with van der Waals surface area (Å²) in [4.78, 5) is 11.9. The van der Waals surface area contributed by atoms with Crippen LogP contribution in [0, 0.1) is 12.3 Å². The zero-order valence-electron chi connectivity index (χ0n) is 10.5. The predicted octanol–water partition coefficient (Wildman–Crippen LogP) is 0.587. The number of aromatic nitrogens is 2. The third-order valence-electron chi connectivity index (χ3n) is 3.60. The van der Waals surface area contributed by atoms with Gasteiger partial charge >= 0.3 is 0 Å². The molecule has 17 heavy (non-hydrogen) atoms. The molecule has 0 aliphatic heterocycles. The Morgan fingerprint density at radius 1 is 1.65 bits per heavy atom. The van der Waals surface area contributed by atoms with Gasteiger partial charge in [0.15, 0.2) is 0 Å². The molecule has 1 fully saturated rings. The average molecular weight is 236 g/mol. The molecule has 0 unspecified atom stereocenters. The van der Waals surface area contributed by atoms with Gasteiger partial charge in [-0.15, -0.1) is 0 Å². The molecule has 0 aromatic carbocycles. The Morgan fingerprint density at radius 2 is 2.35 bits per heavy atom. The Balaban J connectivity index is 1.89. The normalized spacial score (nSPS) is 16.9. The van der Waals surface area contributed by atoms with E-state index < -0.39 is 0 Å². The van der Waals surface area contributed by atoms with Crippen LogP contribution in [0.5, 0.6) is 0 Å². The second-order valence-corrected chi connectivity index (χ2v) is 5.02. The maximum atomic E-state index is 11.9. The van der Waals surface area contributed by atoms with E-state index in [1.165, 1.54) is 12.8 Å². The molecule has 1 amide bonds. The number of nitrogens with zero attached hydrogens (tertiary/aromatic N) is 2. The minimum atomic E-state index is -0.0861. The molecule has 3 N–H and O–H groups in total. The zero-order chi connectivity index (χ0) is 12.5. The van der Waals surface area contributed by atoms with Gasteiger partial charge in [0.2, 0.25) is 0 Å². The number of hydrogen-bond acceptors (Lipinski definition) is 3. The first-order valence-electron chi connectivity index (χ1n) is 6.05. The van der Waals surface area contributed by atoms with Crippen LogP contribution in [-0.4, -0.2) is 28.8 Å². The maximum Gasteiger partial charge on any atom is 0.271 e. The summed E-state index contributed by atoms with van der Waals surface area (Å²) in [5, 5.41) is 7.11. The topological polar surface area (TPSA) is 72.9 Å². The standard InChI is InChI=1S/C12H20N4O/c1-9-7-10(15-16(9)2)11(17)14-8-12(3-4-12)5-6-13/h7H,3-6,8,13H2,1-2H3,(H,14,17). The van der Waals surface area contributed by atoms with Crippen molar-refractivity contribution in [3.05, 3.63) is 17.5 Å². The minimum Gasteiger partial charge on any atom is -0.350 e. The van der Waals surface area contributed by atoms with Crippen LogP contribution in [0.25, 0.3) is 0 Å². The average Bonchev–Trinajstić information content (AvgIpc) is 2.97. The molecule has 1 aromatic rings. The van der Waals surface area contributed by atoms with Crippen molar-refractivity contribution in [1.82, 2.24) is 15.1 Å². The van der Waals surface area contributed by atoms with Crippen LogP contribution in [0.15, 0.2) is 6.07 Å². The van der Waals surface area contributed by atoms with Crippen LogP contribution in [-0.2, 0) is 7.05 Å². The van der Waals surface area contributed by atoms with Crippen LogP contribution >= 0.6 is 0 Å². The van der Waals surface area contributed by atoms with Gasteiger partial charge < -0.3 is 11.1 Å². The molecule has 1 aliphatic rings. The molecular weight excluding hydrogens is 216 g/mol. The lowest BCUT2D eigenvalue weighted by Gasteiger charge is -2.13. The predicted molar refractivity (Wildman–Crippen MR) is 65.6 cm³/mol. The van der Waals surface area contributed by atoms with Crippen LogP contribution in [0.2, 0.25) is 0 Å². The first-order chi connectivity index (χ1) is 8.06. The number of nitrogens with one attached hydrogen (secondary N) is 1. The number of nitrogens with two attached hydrogens (primary N) is 1. The maximum absolute atomic E-state index is 11.9. The molecule has 1 saturated carbocycles. The molecule has 5 nitrogen and oxygen atoms in total. The number of carbonyl (C=O) groups is 1. The van der Waals surface area contributed by atoms with Crippen molar-refractivity contribution in [3.8, 4) is 0 Å². The number of hydrogen-bond donors (Lipinski definition) is 2. The summed E-state index contributed by atoms with van der Waals surface area (Å²) in [6, 6.07) is 1.80. The Bertz CT molecular complexity index is 401. The summed E-state index contributed by atoms with van der Waals surface area (Å²) in [6.45, 7) is 3.35. The van der Waals surface area contributed by atoms with Gasteiger partial charge in [0, 0.05) is 19.3 Å². The highest BCUT2D eigenvalue weighted by atomic mass is 16.1.